The van der Waals surface area contributed by atoms with E-state index < -0.39 is 26.2 Å². The van der Waals surface area contributed by atoms with E-state index in [0.29, 0.717) is 5.39 Å². The molecule has 0 bridgehead atoms. The zero-order valence-corrected chi connectivity index (χ0v) is 11.5. The van der Waals surface area contributed by atoms with Crippen LogP contribution in [0.4, 0.5) is 13.2 Å². The van der Waals surface area contributed by atoms with Crippen molar-refractivity contribution in [2.75, 3.05) is 7.11 Å². The smallest absolute Gasteiger partial charge is 0.465 e. The molecule has 2 aromatic rings. The number of hydrogen-bond acceptors (Lipinski definition) is 4. The minimum absolute atomic E-state index is 0.219. The van der Waals surface area contributed by atoms with Gasteiger partial charge in [-0.1, -0.05) is 12.1 Å². The summed E-state index contributed by atoms with van der Waals surface area (Å²) in [6.45, 7) is 0. The van der Waals surface area contributed by atoms with Crippen LogP contribution in [0.15, 0.2) is 41.3 Å². The fourth-order valence-corrected chi connectivity index (χ4v) is 2.57. The van der Waals surface area contributed by atoms with E-state index in [-0.39, 0.29) is 10.9 Å². The molecule has 0 heterocycles. The van der Waals surface area contributed by atoms with Gasteiger partial charge in [-0.3, -0.25) is 0 Å². The van der Waals surface area contributed by atoms with Gasteiger partial charge in [-0.2, -0.15) is 13.2 Å². The van der Waals surface area contributed by atoms with Crippen molar-refractivity contribution in [3.8, 4) is 0 Å². The molecule has 0 amide bonds. The number of carbonyl (C=O) groups excluding carboxylic acids is 1. The van der Waals surface area contributed by atoms with Gasteiger partial charge < -0.3 is 4.74 Å². The monoisotopic (exact) mass is 318 g/mol. The number of fused-ring (bicyclic) bond motifs is 1. The van der Waals surface area contributed by atoms with Crippen molar-refractivity contribution in [2.24, 2.45) is 0 Å². The van der Waals surface area contributed by atoms with Crippen LogP contribution >= 0.6 is 0 Å². The van der Waals surface area contributed by atoms with E-state index >= 15 is 0 Å². The molecule has 2 aromatic carbocycles. The van der Waals surface area contributed by atoms with E-state index in [0.717, 1.165) is 12.1 Å². The van der Waals surface area contributed by atoms with Crippen molar-refractivity contribution in [3.63, 3.8) is 0 Å². The number of hydrogen-bond donors (Lipinski definition) is 0. The molecular formula is C13H9F3O4S. The van der Waals surface area contributed by atoms with Gasteiger partial charge in [0.15, 0.2) is 0 Å². The Bertz CT molecular complexity index is 810. The van der Waals surface area contributed by atoms with E-state index in [9.17, 15) is 26.4 Å². The number of carbonyl (C=O) groups is 1. The Hall–Kier alpha value is -2.09. The molecule has 0 saturated heterocycles. The Labute approximate surface area is 118 Å². The molecule has 0 spiro atoms. The van der Waals surface area contributed by atoms with Gasteiger partial charge in [-0.05, 0) is 35.0 Å². The molecule has 0 N–H and O–H groups in total. The second-order valence-electron chi connectivity index (χ2n) is 4.16. The van der Waals surface area contributed by atoms with E-state index in [4.69, 9.17) is 0 Å². The number of benzene rings is 2. The standard InChI is InChI=1S/C13H9F3O4S/c1-20-12(17)10-3-2-9-7-11(5-4-8(9)6-10)21(18,19)13(14,15)16/h2-7H,1H3. The average molecular weight is 318 g/mol. The van der Waals surface area contributed by atoms with Crippen LogP contribution in [-0.4, -0.2) is 27.0 Å². The molecule has 0 aliphatic carbocycles. The lowest BCUT2D eigenvalue weighted by molar-refractivity contribution is -0.0435. The zero-order valence-electron chi connectivity index (χ0n) is 10.6. The van der Waals surface area contributed by atoms with Gasteiger partial charge in [0.1, 0.15) is 0 Å². The second kappa shape index (κ2) is 5.03. The summed E-state index contributed by atoms with van der Waals surface area (Å²) < 4.78 is 64.6. The first-order valence-corrected chi connectivity index (χ1v) is 7.08. The van der Waals surface area contributed by atoms with Gasteiger partial charge in [0.25, 0.3) is 9.84 Å². The van der Waals surface area contributed by atoms with Crippen molar-refractivity contribution in [1.82, 2.24) is 0 Å². The van der Waals surface area contributed by atoms with E-state index in [2.05, 4.69) is 4.74 Å². The number of ether oxygens (including phenoxy) is 1. The van der Waals surface area contributed by atoms with Crippen molar-refractivity contribution in [2.45, 2.75) is 10.4 Å². The third-order valence-electron chi connectivity index (χ3n) is 2.85. The first-order chi connectivity index (χ1) is 9.66. The van der Waals surface area contributed by atoms with Crippen molar-refractivity contribution in [1.29, 1.82) is 0 Å². The topological polar surface area (TPSA) is 60.4 Å². The van der Waals surface area contributed by atoms with Crippen LogP contribution in [0.5, 0.6) is 0 Å². The SMILES string of the molecule is COC(=O)c1ccc2cc(S(=O)(=O)C(F)(F)F)ccc2c1. The Kier molecular flexibility index (Phi) is 3.66. The summed E-state index contributed by atoms with van der Waals surface area (Å²) in [6, 6.07) is 7.09. The highest BCUT2D eigenvalue weighted by molar-refractivity contribution is 7.92. The lowest BCUT2D eigenvalue weighted by Gasteiger charge is -2.09. The van der Waals surface area contributed by atoms with Gasteiger partial charge >= 0.3 is 11.5 Å². The highest BCUT2D eigenvalue weighted by Gasteiger charge is 2.46. The molecule has 0 aliphatic heterocycles. The lowest BCUT2D eigenvalue weighted by Crippen LogP contribution is -2.23. The summed E-state index contributed by atoms with van der Waals surface area (Å²) >= 11 is 0. The molecule has 112 valence electrons. The van der Waals surface area contributed by atoms with Crippen LogP contribution in [0.1, 0.15) is 10.4 Å². The highest BCUT2D eigenvalue weighted by Crippen LogP contribution is 2.32. The molecule has 0 saturated carbocycles. The zero-order chi connectivity index (χ0) is 15.8. The fourth-order valence-electron chi connectivity index (χ4n) is 1.77. The molecule has 21 heavy (non-hydrogen) atoms. The molecule has 0 fully saturated rings. The number of esters is 1. The van der Waals surface area contributed by atoms with Crippen molar-refractivity contribution >= 4 is 26.6 Å². The summed E-state index contributed by atoms with van der Waals surface area (Å²) in [7, 11) is -4.19. The van der Waals surface area contributed by atoms with Crippen LogP contribution in [0.2, 0.25) is 0 Å². The summed E-state index contributed by atoms with van der Waals surface area (Å²) in [5.41, 5.74) is -5.14. The number of halogens is 3. The average Bonchev–Trinajstić information content (AvgIpc) is 2.44. The number of sulfone groups is 1. The second-order valence-corrected chi connectivity index (χ2v) is 6.11. The summed E-state index contributed by atoms with van der Waals surface area (Å²) in [5.74, 6) is -0.594. The van der Waals surface area contributed by atoms with Gasteiger partial charge in [-0.15, -0.1) is 0 Å². The minimum Gasteiger partial charge on any atom is -0.465 e. The molecule has 0 atom stereocenters. The maximum absolute atomic E-state index is 12.5. The third-order valence-corrected chi connectivity index (χ3v) is 4.33. The number of methoxy groups -OCH3 is 1. The third kappa shape index (κ3) is 2.71. The summed E-state index contributed by atoms with van der Waals surface area (Å²) in [4.78, 5) is 10.5. The molecule has 4 nitrogen and oxygen atoms in total. The number of rotatable bonds is 2. The molecule has 0 aromatic heterocycles. The Morgan fingerprint density at radius 3 is 2.19 bits per heavy atom. The normalized spacial score (nSPS) is 12.4. The highest BCUT2D eigenvalue weighted by atomic mass is 32.2. The molecule has 8 heteroatoms. The lowest BCUT2D eigenvalue weighted by atomic mass is 10.1. The first kappa shape index (κ1) is 15.3. The number of alkyl halides is 3. The van der Waals surface area contributed by atoms with Crippen LogP contribution in [-0.2, 0) is 14.6 Å². The Balaban J connectivity index is 2.57. The first-order valence-electron chi connectivity index (χ1n) is 5.60. The van der Waals surface area contributed by atoms with Crippen molar-refractivity contribution in [3.05, 3.63) is 42.0 Å². The fraction of sp³-hybridized carbons (Fsp3) is 0.154. The van der Waals surface area contributed by atoms with Gasteiger partial charge in [0.05, 0.1) is 17.6 Å². The van der Waals surface area contributed by atoms with Crippen LogP contribution in [0, 0.1) is 0 Å². The quantitative estimate of drug-likeness (QED) is 0.799. The van der Waals surface area contributed by atoms with Gasteiger partial charge in [0, 0.05) is 0 Å². The van der Waals surface area contributed by atoms with Crippen LogP contribution in [0.25, 0.3) is 10.8 Å². The predicted molar refractivity (Wildman–Crippen MR) is 68.5 cm³/mol. The molecule has 2 rings (SSSR count). The molecule has 0 aliphatic rings. The predicted octanol–water partition coefficient (Wildman–Crippen LogP) is 2.92. The summed E-state index contributed by atoms with van der Waals surface area (Å²) in [6.07, 6.45) is 0. The maximum atomic E-state index is 12.5. The van der Waals surface area contributed by atoms with Gasteiger partial charge in [0.2, 0.25) is 0 Å². The molecular weight excluding hydrogens is 309 g/mol. The minimum atomic E-state index is -5.39. The Morgan fingerprint density at radius 1 is 1.05 bits per heavy atom. The van der Waals surface area contributed by atoms with Crippen molar-refractivity contribution < 1.29 is 31.1 Å². The Morgan fingerprint density at radius 2 is 1.62 bits per heavy atom. The van der Waals surface area contributed by atoms with Crippen LogP contribution in [0.3, 0.4) is 0 Å². The summed E-state index contributed by atoms with van der Waals surface area (Å²) in [5, 5.41) is 0.701. The van der Waals surface area contributed by atoms with E-state index in [1.807, 2.05) is 0 Å². The van der Waals surface area contributed by atoms with Gasteiger partial charge in [-0.25, -0.2) is 13.2 Å². The van der Waals surface area contributed by atoms with Crippen LogP contribution < -0.4 is 0 Å². The molecule has 0 radical (unpaired) electrons. The largest absolute Gasteiger partial charge is 0.501 e. The van der Waals surface area contributed by atoms with E-state index in [1.165, 1.54) is 31.4 Å². The van der Waals surface area contributed by atoms with E-state index in [1.54, 1.807) is 0 Å². The molecule has 0 unspecified atom stereocenters. The maximum Gasteiger partial charge on any atom is 0.501 e.